The first-order valence-corrected chi connectivity index (χ1v) is 5.52. The van der Waals surface area contributed by atoms with Crippen molar-refractivity contribution in [2.75, 3.05) is 18.7 Å². The van der Waals surface area contributed by atoms with E-state index in [0.717, 1.165) is 36.6 Å². The fraction of sp³-hybridized carbons (Fsp3) is 0.455. The lowest BCUT2D eigenvalue weighted by Gasteiger charge is -2.08. The summed E-state index contributed by atoms with van der Waals surface area (Å²) in [6.07, 6.45) is 2.29. The minimum atomic E-state index is 0.282. The Kier molecular flexibility index (Phi) is 3.21. The first-order chi connectivity index (χ1) is 7.31. The highest BCUT2D eigenvalue weighted by molar-refractivity contribution is 6.33. The Morgan fingerprint density at radius 1 is 1.33 bits per heavy atom. The molecule has 0 unspecified atom stereocenters. The quantitative estimate of drug-likeness (QED) is 0.801. The number of halogens is 1. The summed E-state index contributed by atoms with van der Waals surface area (Å²) in [5.74, 6) is 1.49. The van der Waals surface area contributed by atoms with E-state index in [-0.39, 0.29) is 6.79 Å². The van der Waals surface area contributed by atoms with E-state index in [1.807, 2.05) is 6.07 Å². The van der Waals surface area contributed by atoms with E-state index >= 15 is 0 Å². The zero-order valence-corrected chi connectivity index (χ0v) is 9.43. The van der Waals surface area contributed by atoms with Crippen LogP contribution in [-0.4, -0.2) is 13.3 Å². The third kappa shape index (κ3) is 2.29. The van der Waals surface area contributed by atoms with Gasteiger partial charge in [0.2, 0.25) is 6.79 Å². The fourth-order valence-electron chi connectivity index (χ4n) is 1.45. The first kappa shape index (κ1) is 10.4. The fourth-order valence-corrected chi connectivity index (χ4v) is 1.67. The molecule has 0 bridgehead atoms. The van der Waals surface area contributed by atoms with Gasteiger partial charge in [-0.3, -0.25) is 0 Å². The molecule has 15 heavy (non-hydrogen) atoms. The second kappa shape index (κ2) is 4.62. The standard InChI is InChI=1S/C11H14ClNO2/c1-2-3-4-13-9-6-11-10(5-8(9)12)14-7-15-11/h5-6,13H,2-4,7H2,1H3. The minimum absolute atomic E-state index is 0.282. The Bertz CT molecular complexity index is 355. The topological polar surface area (TPSA) is 30.5 Å². The summed E-state index contributed by atoms with van der Waals surface area (Å²) < 4.78 is 10.5. The second-order valence-corrected chi connectivity index (χ2v) is 3.87. The molecule has 0 saturated carbocycles. The summed E-state index contributed by atoms with van der Waals surface area (Å²) in [4.78, 5) is 0. The van der Waals surface area contributed by atoms with Crippen LogP contribution in [0, 0.1) is 0 Å². The number of unbranched alkanes of at least 4 members (excludes halogenated alkanes) is 1. The molecule has 1 aromatic rings. The second-order valence-electron chi connectivity index (χ2n) is 3.47. The van der Waals surface area contributed by atoms with Crippen molar-refractivity contribution in [3.8, 4) is 11.5 Å². The summed E-state index contributed by atoms with van der Waals surface area (Å²) in [7, 11) is 0. The summed E-state index contributed by atoms with van der Waals surface area (Å²) in [5, 5.41) is 3.95. The van der Waals surface area contributed by atoms with Crippen molar-refractivity contribution < 1.29 is 9.47 Å². The molecule has 82 valence electrons. The van der Waals surface area contributed by atoms with Crippen LogP contribution in [-0.2, 0) is 0 Å². The smallest absolute Gasteiger partial charge is 0.231 e. The zero-order chi connectivity index (χ0) is 10.7. The predicted octanol–water partition coefficient (Wildman–Crippen LogP) is 3.28. The number of rotatable bonds is 4. The van der Waals surface area contributed by atoms with Gasteiger partial charge in [-0.25, -0.2) is 0 Å². The van der Waals surface area contributed by atoms with E-state index in [0.29, 0.717) is 5.02 Å². The van der Waals surface area contributed by atoms with Crippen LogP contribution in [0.5, 0.6) is 11.5 Å². The van der Waals surface area contributed by atoms with E-state index in [2.05, 4.69) is 12.2 Å². The number of ether oxygens (including phenoxy) is 2. The van der Waals surface area contributed by atoms with Gasteiger partial charge in [-0.2, -0.15) is 0 Å². The highest BCUT2D eigenvalue weighted by atomic mass is 35.5. The van der Waals surface area contributed by atoms with Crippen LogP contribution in [0.1, 0.15) is 19.8 Å². The number of nitrogens with one attached hydrogen (secondary N) is 1. The maximum atomic E-state index is 6.09. The largest absolute Gasteiger partial charge is 0.454 e. The summed E-state index contributed by atoms with van der Waals surface area (Å²) in [6, 6.07) is 3.68. The van der Waals surface area contributed by atoms with Crippen LogP contribution >= 0.6 is 11.6 Å². The molecule has 0 amide bonds. The van der Waals surface area contributed by atoms with Gasteiger partial charge in [-0.15, -0.1) is 0 Å². The molecular formula is C11H14ClNO2. The van der Waals surface area contributed by atoms with Crippen molar-refractivity contribution in [2.45, 2.75) is 19.8 Å². The molecule has 0 aromatic heterocycles. The maximum Gasteiger partial charge on any atom is 0.231 e. The Labute approximate surface area is 94.3 Å². The molecule has 1 aromatic carbocycles. The van der Waals surface area contributed by atoms with Crippen LogP contribution < -0.4 is 14.8 Å². The van der Waals surface area contributed by atoms with Crippen LogP contribution in [0.4, 0.5) is 5.69 Å². The van der Waals surface area contributed by atoms with E-state index in [1.165, 1.54) is 0 Å². The molecule has 1 heterocycles. The molecular weight excluding hydrogens is 214 g/mol. The molecule has 1 N–H and O–H groups in total. The highest BCUT2D eigenvalue weighted by Crippen LogP contribution is 2.39. The van der Waals surface area contributed by atoms with Crippen molar-refractivity contribution in [3.05, 3.63) is 17.2 Å². The van der Waals surface area contributed by atoms with Crippen molar-refractivity contribution in [1.82, 2.24) is 0 Å². The zero-order valence-electron chi connectivity index (χ0n) is 8.68. The molecule has 0 aliphatic carbocycles. The van der Waals surface area contributed by atoms with Gasteiger partial charge in [0.1, 0.15) is 0 Å². The van der Waals surface area contributed by atoms with Crippen LogP contribution in [0.25, 0.3) is 0 Å². The minimum Gasteiger partial charge on any atom is -0.454 e. The normalized spacial score (nSPS) is 12.9. The lowest BCUT2D eigenvalue weighted by molar-refractivity contribution is 0.174. The third-order valence-corrected chi connectivity index (χ3v) is 2.62. The van der Waals surface area contributed by atoms with Gasteiger partial charge >= 0.3 is 0 Å². The van der Waals surface area contributed by atoms with Gasteiger partial charge in [0.15, 0.2) is 11.5 Å². The van der Waals surface area contributed by atoms with Crippen molar-refractivity contribution in [2.24, 2.45) is 0 Å². The monoisotopic (exact) mass is 227 g/mol. The van der Waals surface area contributed by atoms with E-state index < -0.39 is 0 Å². The Morgan fingerprint density at radius 2 is 2.07 bits per heavy atom. The van der Waals surface area contributed by atoms with Gasteiger partial charge in [-0.1, -0.05) is 24.9 Å². The van der Waals surface area contributed by atoms with Crippen LogP contribution in [0.2, 0.25) is 5.02 Å². The molecule has 2 rings (SSSR count). The SMILES string of the molecule is CCCCNc1cc2c(cc1Cl)OCO2. The molecule has 0 saturated heterocycles. The molecule has 0 fully saturated rings. The van der Waals surface area contributed by atoms with Gasteiger partial charge in [0.05, 0.1) is 10.7 Å². The van der Waals surface area contributed by atoms with Crippen LogP contribution in [0.3, 0.4) is 0 Å². The van der Waals surface area contributed by atoms with E-state index in [9.17, 15) is 0 Å². The number of hydrogen-bond donors (Lipinski definition) is 1. The molecule has 4 heteroatoms. The summed E-state index contributed by atoms with van der Waals surface area (Å²) in [5.41, 5.74) is 0.911. The van der Waals surface area contributed by atoms with Gasteiger partial charge in [-0.05, 0) is 6.42 Å². The summed E-state index contributed by atoms with van der Waals surface area (Å²) >= 11 is 6.09. The molecule has 3 nitrogen and oxygen atoms in total. The lowest BCUT2D eigenvalue weighted by Crippen LogP contribution is -2.01. The number of fused-ring (bicyclic) bond motifs is 1. The van der Waals surface area contributed by atoms with Crippen LogP contribution in [0.15, 0.2) is 12.1 Å². The number of anilines is 1. The molecule has 0 atom stereocenters. The summed E-state index contributed by atoms with van der Waals surface area (Å²) in [6.45, 7) is 3.36. The Hall–Kier alpha value is -1.09. The third-order valence-electron chi connectivity index (χ3n) is 2.31. The Morgan fingerprint density at radius 3 is 2.80 bits per heavy atom. The number of benzene rings is 1. The lowest BCUT2D eigenvalue weighted by atomic mass is 10.2. The molecule has 1 aliphatic rings. The van der Waals surface area contributed by atoms with Crippen molar-refractivity contribution in [1.29, 1.82) is 0 Å². The van der Waals surface area contributed by atoms with Crippen molar-refractivity contribution >= 4 is 17.3 Å². The van der Waals surface area contributed by atoms with Crippen molar-refractivity contribution in [3.63, 3.8) is 0 Å². The first-order valence-electron chi connectivity index (χ1n) is 5.14. The molecule has 1 aliphatic heterocycles. The predicted molar refractivity (Wildman–Crippen MR) is 61.0 cm³/mol. The highest BCUT2D eigenvalue weighted by Gasteiger charge is 2.15. The van der Waals surface area contributed by atoms with E-state index in [1.54, 1.807) is 6.07 Å². The van der Waals surface area contributed by atoms with Gasteiger partial charge in [0, 0.05) is 18.7 Å². The van der Waals surface area contributed by atoms with E-state index in [4.69, 9.17) is 21.1 Å². The average molecular weight is 228 g/mol. The molecule has 0 spiro atoms. The Balaban J connectivity index is 2.10. The van der Waals surface area contributed by atoms with Gasteiger partial charge in [0.25, 0.3) is 0 Å². The maximum absolute atomic E-state index is 6.09. The number of hydrogen-bond acceptors (Lipinski definition) is 3. The van der Waals surface area contributed by atoms with Gasteiger partial charge < -0.3 is 14.8 Å². The molecule has 0 radical (unpaired) electrons. The average Bonchev–Trinajstić information content (AvgIpc) is 2.65.